The number of aliphatic imine (C=N–C) groups is 2. The van der Waals surface area contributed by atoms with Crippen molar-refractivity contribution >= 4 is 28.7 Å². The van der Waals surface area contributed by atoms with Crippen LogP contribution in [0, 0.1) is 0 Å². The first-order valence-electron chi connectivity index (χ1n) is 7.38. The predicted octanol–water partition coefficient (Wildman–Crippen LogP) is 1.74. The molecule has 1 aliphatic heterocycles. The first-order chi connectivity index (χ1) is 11.7. The summed E-state index contributed by atoms with van der Waals surface area (Å²) < 4.78 is 1.47. The first-order valence-corrected chi connectivity index (χ1v) is 8.20. The van der Waals surface area contributed by atoms with Gasteiger partial charge in [-0.2, -0.15) is 0 Å². The molecule has 2 aromatic rings. The summed E-state index contributed by atoms with van der Waals surface area (Å²) in [5.74, 6) is 0. The van der Waals surface area contributed by atoms with E-state index in [-0.39, 0.29) is 5.56 Å². The Balaban J connectivity index is 1.89. The van der Waals surface area contributed by atoms with E-state index in [4.69, 9.17) is 0 Å². The zero-order valence-electron chi connectivity index (χ0n) is 13.1. The lowest BCUT2D eigenvalue weighted by atomic mass is 10.2. The van der Waals surface area contributed by atoms with Crippen LogP contribution in [0.3, 0.4) is 0 Å². The molecule has 0 aromatic carbocycles. The molecule has 3 heterocycles. The van der Waals surface area contributed by atoms with Crippen molar-refractivity contribution in [3.63, 3.8) is 0 Å². The number of hydrogen-bond acceptors (Lipinski definition) is 6. The van der Waals surface area contributed by atoms with Gasteiger partial charge in [-0.3, -0.25) is 24.7 Å². The molecule has 0 fully saturated rings. The molecular weight excluding hydrogens is 324 g/mol. The van der Waals surface area contributed by atoms with Crippen LogP contribution in [0.5, 0.6) is 0 Å². The van der Waals surface area contributed by atoms with Crippen LogP contribution < -0.4 is 10.9 Å². The van der Waals surface area contributed by atoms with E-state index in [9.17, 15) is 4.79 Å². The Kier molecular flexibility index (Phi) is 4.97. The second-order valence-corrected chi connectivity index (χ2v) is 5.88. The molecule has 0 amide bonds. The number of nitrogens with one attached hydrogen (secondary N) is 1. The van der Waals surface area contributed by atoms with E-state index in [0.717, 1.165) is 6.54 Å². The Morgan fingerprint density at radius 3 is 3.12 bits per heavy atom. The van der Waals surface area contributed by atoms with E-state index in [1.165, 1.54) is 29.0 Å². The molecule has 0 unspecified atom stereocenters. The average Bonchev–Trinajstić information content (AvgIpc) is 2.93. The number of aromatic nitrogens is 3. The van der Waals surface area contributed by atoms with Gasteiger partial charge in [-0.25, -0.2) is 9.98 Å². The van der Waals surface area contributed by atoms with Crippen LogP contribution in [0.2, 0.25) is 0 Å². The van der Waals surface area contributed by atoms with Gasteiger partial charge in [-0.05, 0) is 18.7 Å². The standard InChI is InChI=1S/C16H16N6OS/c1-3-17-8-19-9-20-15-11(2)13-14(24-15)16(23)22(10-21-13)12-5-4-6-18-7-12/h4-7,9-10,17H,2-3,8H2,1H3. The highest BCUT2D eigenvalue weighted by Crippen LogP contribution is 2.36. The van der Waals surface area contributed by atoms with Gasteiger partial charge in [0, 0.05) is 11.8 Å². The van der Waals surface area contributed by atoms with Crippen molar-refractivity contribution in [2.45, 2.75) is 11.8 Å². The maximum Gasteiger partial charge on any atom is 0.272 e. The maximum absolute atomic E-state index is 12.7. The number of nitrogens with zero attached hydrogens (tertiary/aromatic N) is 5. The van der Waals surface area contributed by atoms with Gasteiger partial charge in [0.2, 0.25) is 0 Å². The minimum atomic E-state index is -0.158. The van der Waals surface area contributed by atoms with Gasteiger partial charge in [0.1, 0.15) is 22.6 Å². The molecule has 0 atom stereocenters. The van der Waals surface area contributed by atoms with Crippen molar-refractivity contribution in [1.29, 1.82) is 0 Å². The minimum Gasteiger partial charge on any atom is -0.299 e. The average molecular weight is 340 g/mol. The SMILES string of the molecule is C=C1C(=NC=NCNCC)Sc2c1ncn(-c1cccnc1)c2=O. The highest BCUT2D eigenvalue weighted by molar-refractivity contribution is 8.15. The van der Waals surface area contributed by atoms with Crippen LogP contribution in [-0.4, -0.2) is 39.1 Å². The number of fused-ring (bicyclic) bond motifs is 1. The summed E-state index contributed by atoms with van der Waals surface area (Å²) in [7, 11) is 0. The molecule has 7 nitrogen and oxygen atoms in total. The van der Waals surface area contributed by atoms with Crippen molar-refractivity contribution in [3.8, 4) is 5.69 Å². The summed E-state index contributed by atoms with van der Waals surface area (Å²) in [6.45, 7) is 7.34. The lowest BCUT2D eigenvalue weighted by Gasteiger charge is -2.05. The molecule has 0 bridgehead atoms. The lowest BCUT2D eigenvalue weighted by molar-refractivity contribution is 0.745. The van der Waals surface area contributed by atoms with E-state index in [2.05, 4.69) is 31.8 Å². The monoisotopic (exact) mass is 340 g/mol. The lowest BCUT2D eigenvalue weighted by Crippen LogP contribution is -2.20. The summed E-state index contributed by atoms with van der Waals surface area (Å²) in [4.78, 5) is 30.0. The summed E-state index contributed by atoms with van der Waals surface area (Å²) >= 11 is 1.27. The number of rotatable bonds is 5. The maximum atomic E-state index is 12.7. The molecule has 0 radical (unpaired) electrons. The molecule has 2 aromatic heterocycles. The molecule has 0 spiro atoms. The summed E-state index contributed by atoms with van der Waals surface area (Å²) in [5, 5.41) is 3.71. The molecule has 1 aliphatic rings. The first kappa shape index (κ1) is 16.3. The van der Waals surface area contributed by atoms with Crippen molar-refractivity contribution in [2.75, 3.05) is 13.2 Å². The van der Waals surface area contributed by atoms with Crippen molar-refractivity contribution in [1.82, 2.24) is 19.9 Å². The van der Waals surface area contributed by atoms with E-state index in [0.29, 0.717) is 33.6 Å². The van der Waals surface area contributed by atoms with Gasteiger partial charge < -0.3 is 0 Å². The molecule has 122 valence electrons. The molecule has 3 rings (SSSR count). The predicted molar refractivity (Wildman–Crippen MR) is 97.0 cm³/mol. The fraction of sp³-hybridized carbons (Fsp3) is 0.188. The molecule has 8 heteroatoms. The second kappa shape index (κ2) is 7.33. The van der Waals surface area contributed by atoms with Crippen molar-refractivity contribution in [2.24, 2.45) is 9.98 Å². The summed E-state index contributed by atoms with van der Waals surface area (Å²) in [6, 6.07) is 3.58. The largest absolute Gasteiger partial charge is 0.299 e. The van der Waals surface area contributed by atoms with Crippen LogP contribution in [0.1, 0.15) is 12.6 Å². The minimum absolute atomic E-state index is 0.158. The number of pyridine rings is 1. The van der Waals surface area contributed by atoms with Gasteiger partial charge in [0.15, 0.2) is 0 Å². The van der Waals surface area contributed by atoms with Gasteiger partial charge in [-0.15, -0.1) is 0 Å². The smallest absolute Gasteiger partial charge is 0.272 e. The fourth-order valence-corrected chi connectivity index (χ4v) is 3.07. The summed E-state index contributed by atoms with van der Waals surface area (Å²) in [6.07, 6.45) is 6.24. The van der Waals surface area contributed by atoms with Crippen molar-refractivity contribution < 1.29 is 0 Å². The van der Waals surface area contributed by atoms with Crippen molar-refractivity contribution in [3.05, 3.63) is 53.5 Å². The zero-order chi connectivity index (χ0) is 16.9. The topological polar surface area (TPSA) is 84.5 Å². The van der Waals surface area contributed by atoms with Crippen LogP contribution in [0.4, 0.5) is 0 Å². The number of thioether (sulfide) groups is 1. The highest BCUT2D eigenvalue weighted by atomic mass is 32.2. The molecule has 0 saturated heterocycles. The molecular formula is C16H16N6OS. The van der Waals surface area contributed by atoms with E-state index < -0.39 is 0 Å². The Bertz CT molecular complexity index is 872. The number of hydrogen-bond donors (Lipinski definition) is 1. The van der Waals surface area contributed by atoms with E-state index in [1.807, 2.05) is 6.92 Å². The highest BCUT2D eigenvalue weighted by Gasteiger charge is 2.27. The molecule has 0 aliphatic carbocycles. The third kappa shape index (κ3) is 3.19. The van der Waals surface area contributed by atoms with Crippen LogP contribution in [-0.2, 0) is 0 Å². The third-order valence-corrected chi connectivity index (χ3v) is 4.42. The van der Waals surface area contributed by atoms with E-state index >= 15 is 0 Å². The Labute approximate surface area is 143 Å². The van der Waals surface area contributed by atoms with Gasteiger partial charge in [-0.1, -0.05) is 25.3 Å². The Morgan fingerprint density at radius 1 is 1.50 bits per heavy atom. The zero-order valence-corrected chi connectivity index (χ0v) is 14.0. The molecule has 24 heavy (non-hydrogen) atoms. The van der Waals surface area contributed by atoms with Crippen LogP contribution in [0.25, 0.3) is 11.3 Å². The normalized spacial score (nSPS) is 15.4. The molecule has 0 saturated carbocycles. The van der Waals surface area contributed by atoms with E-state index in [1.54, 1.807) is 24.5 Å². The fourth-order valence-electron chi connectivity index (χ4n) is 2.10. The third-order valence-electron chi connectivity index (χ3n) is 3.31. The van der Waals surface area contributed by atoms with Gasteiger partial charge in [0.05, 0.1) is 24.2 Å². The van der Waals surface area contributed by atoms with Gasteiger partial charge >= 0.3 is 0 Å². The Morgan fingerprint density at radius 2 is 2.38 bits per heavy atom. The van der Waals surface area contributed by atoms with Gasteiger partial charge in [0.25, 0.3) is 5.56 Å². The Hall–Kier alpha value is -2.58. The second-order valence-electron chi connectivity index (χ2n) is 4.88. The van der Waals surface area contributed by atoms with Crippen LogP contribution >= 0.6 is 11.8 Å². The quantitative estimate of drug-likeness (QED) is 0.509. The summed E-state index contributed by atoms with van der Waals surface area (Å²) in [5.41, 5.74) is 1.72. The van der Waals surface area contributed by atoms with Crippen LogP contribution in [0.15, 0.2) is 57.1 Å². The molecule has 1 N–H and O–H groups in total.